The first-order valence-corrected chi connectivity index (χ1v) is 39.3. The van der Waals surface area contributed by atoms with Crippen molar-refractivity contribution in [1.82, 2.24) is 63.8 Å². The van der Waals surface area contributed by atoms with Crippen LogP contribution >= 0.6 is 11.6 Å². The number of aryl methyl sites for hydroxylation is 3. The molecule has 670 valence electrons. The smallest absolute Gasteiger partial charge is 0.481 e. The minimum absolute atomic E-state index is 0.00538. The molecule has 4 heterocycles. The Kier molecular flexibility index (Phi) is 44.5. The second kappa shape index (κ2) is 53.0. The number of rotatable bonds is 41. The molecule has 0 saturated carbocycles. The van der Waals surface area contributed by atoms with E-state index in [0.29, 0.717) is 12.8 Å². The van der Waals surface area contributed by atoms with Crippen molar-refractivity contribution in [2.75, 3.05) is 32.1 Å². The van der Waals surface area contributed by atoms with Gasteiger partial charge in [0.25, 0.3) is 5.91 Å². The highest BCUT2D eigenvalue weighted by molar-refractivity contribution is 6.18. The third-order valence-electron chi connectivity index (χ3n) is 18.2. The standard InChI is InChI=1S/C73H107ClN12O34/c1-7-9-10-11-12-13-14-15-16-17-18-19-20-23-41(88)30-52(90)78-47-33-111-67(104)55(48(89)32-74)85-58(94)42(8-2)79-64(100)54(37(3)87)84-61(97)45(26-29-77-70(107)114-36-51-40(6)117-73(110)120-51)81-59(95)43(24-21-22-27-75-68(105)112-34-49-38(4)115-71(108)118-49)80-62(98)46(31-53(91)92)83-60(96)44(82-65(101)56(86-63(47)99)57(93)66(102)103)25-28-76-69(106)113-35-50-39(5)116-72(109)119-50/h8,37,41,43-48,54-57,87-89,93H,7,9-36H2,1-6H3,(H,75,105)(H,76,106)(H,77,107)(H,78,90)(H,79,100)(H,80,98)(H,81,95)(H,82,101)(H,83,96)(H,84,97)(H,85,94)(H,86,99)(H,91,92)(H,102,103)/b42-8+/t37-,41+,43?,44+,45-,46?,47?,48+,54?,55?,56?,57-/m0/s1. The van der Waals surface area contributed by atoms with Crippen LogP contribution in [0.4, 0.5) is 14.4 Å². The summed E-state index contributed by atoms with van der Waals surface area (Å²) in [5.41, 5.74) is -0.801. The van der Waals surface area contributed by atoms with Crippen LogP contribution in [0, 0.1) is 20.8 Å². The summed E-state index contributed by atoms with van der Waals surface area (Å²) in [6.45, 7) is 3.11. The number of hydrogen-bond acceptors (Lipinski definition) is 32. The predicted molar refractivity (Wildman–Crippen MR) is 407 cm³/mol. The van der Waals surface area contributed by atoms with Crippen LogP contribution in [0.1, 0.15) is 190 Å². The van der Waals surface area contributed by atoms with Gasteiger partial charge in [-0.25, -0.2) is 38.4 Å². The van der Waals surface area contributed by atoms with E-state index in [2.05, 4.69) is 60.1 Å². The van der Waals surface area contributed by atoms with E-state index >= 15 is 0 Å². The summed E-state index contributed by atoms with van der Waals surface area (Å²) < 4.78 is 49.2. The summed E-state index contributed by atoms with van der Waals surface area (Å²) in [5, 5.41) is 90.8. The third-order valence-corrected chi connectivity index (χ3v) is 18.5. The number of halogens is 1. The van der Waals surface area contributed by atoms with Gasteiger partial charge >= 0.3 is 53.7 Å². The van der Waals surface area contributed by atoms with Gasteiger partial charge in [-0.3, -0.25) is 47.9 Å². The van der Waals surface area contributed by atoms with Crippen molar-refractivity contribution < 1.29 is 148 Å². The zero-order valence-electron chi connectivity index (χ0n) is 67.0. The molecule has 6 unspecified atom stereocenters. The zero-order valence-corrected chi connectivity index (χ0v) is 67.8. The molecule has 0 aromatic carbocycles. The van der Waals surface area contributed by atoms with Crippen molar-refractivity contribution >= 4 is 101 Å². The number of aliphatic hydroxyl groups is 4. The Morgan fingerprint density at radius 1 is 0.500 bits per heavy atom. The van der Waals surface area contributed by atoms with E-state index in [4.69, 9.17) is 57.1 Å². The number of amides is 12. The lowest BCUT2D eigenvalue weighted by Crippen LogP contribution is -2.63. The molecule has 0 radical (unpaired) electrons. The largest absolute Gasteiger partial charge is 0.519 e. The van der Waals surface area contributed by atoms with Crippen LogP contribution in [0.3, 0.4) is 0 Å². The van der Waals surface area contributed by atoms with Crippen LogP contribution in [0.25, 0.3) is 0 Å². The first-order valence-electron chi connectivity index (χ1n) is 38.7. The molecule has 47 heteroatoms. The number of cyclic esters (lactones) is 1. The monoisotopic (exact) mass is 1730 g/mol. The first-order chi connectivity index (χ1) is 56.9. The molecule has 1 saturated heterocycles. The molecular weight excluding hydrogens is 1620 g/mol. The maximum absolute atomic E-state index is 14.9. The average Bonchev–Trinajstić information content (AvgIpc) is 1.11. The number of allylic oxidation sites excluding steroid dienone is 1. The summed E-state index contributed by atoms with van der Waals surface area (Å²) in [5.74, 6) is -24.4. The van der Waals surface area contributed by atoms with Gasteiger partial charge in [-0.1, -0.05) is 96.5 Å². The Morgan fingerprint density at radius 3 is 1.36 bits per heavy atom. The molecule has 3 aromatic rings. The van der Waals surface area contributed by atoms with Gasteiger partial charge < -0.3 is 140 Å². The molecule has 3 aromatic heterocycles. The number of alkyl carbamates (subject to hydrolysis) is 3. The fourth-order valence-corrected chi connectivity index (χ4v) is 11.7. The Labute approximate surface area is 689 Å². The molecule has 0 aliphatic carbocycles. The molecule has 120 heavy (non-hydrogen) atoms. The fraction of sp³-hybridized carbons (Fsp3) is 0.644. The molecule has 12 amide bonds. The molecule has 1 aliphatic heterocycles. The van der Waals surface area contributed by atoms with Crippen LogP contribution in [0.5, 0.6) is 0 Å². The number of hydrogen-bond donors (Lipinski definition) is 18. The number of esters is 1. The van der Waals surface area contributed by atoms with Crippen LogP contribution in [0.2, 0.25) is 0 Å². The van der Waals surface area contributed by atoms with E-state index in [0.717, 1.165) is 64.9 Å². The molecule has 1 aliphatic rings. The molecule has 18 N–H and O–H groups in total. The topological polar surface area (TPSA) is 689 Å². The fourth-order valence-electron chi connectivity index (χ4n) is 11.5. The lowest BCUT2D eigenvalue weighted by molar-refractivity contribution is -0.154. The second-order valence-corrected chi connectivity index (χ2v) is 28.0. The van der Waals surface area contributed by atoms with Gasteiger partial charge in [-0.05, 0) is 73.1 Å². The number of aliphatic carboxylic acids is 2. The summed E-state index contributed by atoms with van der Waals surface area (Å²) in [6, 6.07) is -18.3. The van der Waals surface area contributed by atoms with Gasteiger partial charge in [0, 0.05) is 19.6 Å². The van der Waals surface area contributed by atoms with E-state index in [1.165, 1.54) is 46.5 Å². The van der Waals surface area contributed by atoms with E-state index in [-0.39, 0.29) is 60.4 Å². The minimum Gasteiger partial charge on any atom is -0.481 e. The average molecular weight is 1730 g/mol. The quantitative estimate of drug-likeness (QED) is 0.0105. The number of ether oxygens (including phenoxy) is 4. The maximum atomic E-state index is 14.9. The Balaban J connectivity index is 1.85. The van der Waals surface area contributed by atoms with E-state index in [1.807, 2.05) is 10.6 Å². The van der Waals surface area contributed by atoms with Crippen molar-refractivity contribution in [1.29, 1.82) is 0 Å². The van der Waals surface area contributed by atoms with Crippen molar-refractivity contribution in [3.8, 4) is 0 Å². The van der Waals surface area contributed by atoms with Crippen molar-refractivity contribution in [3.05, 3.63) is 78.2 Å². The lowest BCUT2D eigenvalue weighted by atomic mass is 10.0. The molecule has 4 rings (SSSR count). The Bertz CT molecular complexity index is 4140. The number of carboxylic acid groups (broad SMARTS) is 2. The molecule has 46 nitrogen and oxygen atoms in total. The van der Waals surface area contributed by atoms with Gasteiger partial charge in [-0.2, -0.15) is 0 Å². The molecule has 0 spiro atoms. The highest BCUT2D eigenvalue weighted by Crippen LogP contribution is 2.17. The molecule has 0 bridgehead atoms. The van der Waals surface area contributed by atoms with Crippen molar-refractivity contribution in [3.63, 3.8) is 0 Å². The van der Waals surface area contributed by atoms with E-state index in [9.17, 15) is 117 Å². The molecular formula is C73H107ClN12O34. The number of aliphatic hydroxyl groups excluding tert-OH is 4. The van der Waals surface area contributed by atoms with E-state index < -0.39 is 263 Å². The van der Waals surface area contributed by atoms with E-state index in [1.54, 1.807) is 0 Å². The van der Waals surface area contributed by atoms with Crippen LogP contribution in [-0.2, 0) is 96.3 Å². The highest BCUT2D eigenvalue weighted by Gasteiger charge is 2.41. The zero-order chi connectivity index (χ0) is 89.1. The molecule has 1 fully saturated rings. The number of nitrogens with one attached hydrogen (secondary N) is 12. The van der Waals surface area contributed by atoms with Gasteiger partial charge in [0.05, 0.1) is 37.0 Å². The maximum Gasteiger partial charge on any atom is 0.519 e. The van der Waals surface area contributed by atoms with Crippen LogP contribution in [-0.4, -0.2) is 225 Å². The van der Waals surface area contributed by atoms with Gasteiger partial charge in [0.1, 0.15) is 54.6 Å². The Morgan fingerprint density at radius 2 is 0.925 bits per heavy atom. The SMILES string of the molecule is C/C=C1/NC(=O)C([C@H](C)O)NC(=O)[C@H](CCNC(=O)OCc2oc(=O)oc2C)NC(=O)C(CCCCNC(=O)OCc2oc(=O)oc2C)NC(=O)C(CC(=O)O)NC(=O)[C@@H](CCNC(=O)OCc2oc(=O)oc2C)NC(=O)C([C@H](O)C(=O)O)NC(=O)C(NC(=O)C[C@H](O)CCCCCCCCCCCCCCC)COC(=O)C([C@H](O)CCl)NC1=O. The van der Waals surface area contributed by atoms with Crippen LogP contribution < -0.4 is 81.3 Å². The van der Waals surface area contributed by atoms with Crippen LogP contribution in [0.15, 0.2) is 52.7 Å². The van der Waals surface area contributed by atoms with Crippen molar-refractivity contribution in [2.45, 2.75) is 269 Å². The summed E-state index contributed by atoms with van der Waals surface area (Å²) in [7, 11) is 0. The number of carbonyl (C=O) groups excluding carboxylic acids is 13. The second-order valence-electron chi connectivity index (χ2n) is 27.7. The number of alkyl halides is 1. The Hall–Kier alpha value is -11.6. The predicted octanol–water partition coefficient (Wildman–Crippen LogP) is -1.13. The highest BCUT2D eigenvalue weighted by atomic mass is 35.5. The summed E-state index contributed by atoms with van der Waals surface area (Å²) in [4.78, 5) is 243. The normalized spacial score (nSPS) is 20.4. The summed E-state index contributed by atoms with van der Waals surface area (Å²) in [6.07, 6.45) is -2.84. The minimum atomic E-state index is -3.05. The number of carbonyl (C=O) groups is 15. The van der Waals surface area contributed by atoms with Gasteiger partial charge in [-0.15, -0.1) is 11.6 Å². The van der Waals surface area contributed by atoms with Gasteiger partial charge in [0.2, 0.25) is 47.3 Å². The number of carboxylic acids is 2. The number of unbranched alkanes of at least 4 members (excludes halogenated alkanes) is 13. The lowest BCUT2D eigenvalue weighted by Gasteiger charge is -2.29. The van der Waals surface area contributed by atoms with Crippen molar-refractivity contribution in [2.24, 2.45) is 0 Å². The first kappa shape index (κ1) is 101. The third kappa shape index (κ3) is 36.7. The summed E-state index contributed by atoms with van der Waals surface area (Å²) >= 11 is 5.98. The molecule has 12 atom stereocenters. The van der Waals surface area contributed by atoms with Gasteiger partial charge in [0.15, 0.2) is 66.5 Å².